The van der Waals surface area contributed by atoms with Crippen LogP contribution in [0.3, 0.4) is 0 Å². The van der Waals surface area contributed by atoms with Crippen LogP contribution in [-0.2, 0) is 14.3 Å². The molecule has 1 atom stereocenters. The Labute approximate surface area is 100 Å². The van der Waals surface area contributed by atoms with Gasteiger partial charge < -0.3 is 4.74 Å². The Morgan fingerprint density at radius 2 is 1.72 bits per heavy atom. The van der Waals surface area contributed by atoms with Crippen molar-refractivity contribution in [2.75, 3.05) is 0 Å². The summed E-state index contributed by atoms with van der Waals surface area (Å²) in [6.07, 6.45) is -12.9. The summed E-state index contributed by atoms with van der Waals surface area (Å²) in [5, 5.41) is -0.335. The monoisotopic (exact) mass is 299 g/mol. The molecular formula is C7H4ClF6NO3. The summed E-state index contributed by atoms with van der Waals surface area (Å²) in [7, 11) is 0. The quantitative estimate of drug-likeness (QED) is 0.477. The Morgan fingerprint density at radius 1 is 1.28 bits per heavy atom. The number of carbonyl (C=O) groups is 2. The molecular weight excluding hydrogens is 296 g/mol. The van der Waals surface area contributed by atoms with Gasteiger partial charge >= 0.3 is 24.0 Å². The van der Waals surface area contributed by atoms with E-state index in [2.05, 4.69) is 4.74 Å². The van der Waals surface area contributed by atoms with E-state index in [1.54, 1.807) is 0 Å². The second kappa shape index (κ2) is 4.26. The van der Waals surface area contributed by atoms with E-state index >= 15 is 0 Å². The van der Waals surface area contributed by atoms with E-state index in [4.69, 9.17) is 11.6 Å². The lowest BCUT2D eigenvalue weighted by atomic mass is 10.1. The SMILES string of the molecule is O=C(Cl)C[C@@H]1NC(C(F)(F)F)(C(F)(F)F)OC1=O. The van der Waals surface area contributed by atoms with Crippen LogP contribution in [0.25, 0.3) is 0 Å². The number of halogens is 7. The number of rotatable bonds is 2. The molecule has 0 bridgehead atoms. The molecule has 0 aromatic rings. The normalized spacial score (nSPS) is 23.9. The number of nitrogens with one attached hydrogen (secondary N) is 1. The summed E-state index contributed by atoms with van der Waals surface area (Å²) in [5.74, 6) is -1.85. The Hall–Kier alpha value is -1.03. The van der Waals surface area contributed by atoms with Crippen LogP contribution in [0, 0.1) is 0 Å². The van der Waals surface area contributed by atoms with Gasteiger partial charge in [0.25, 0.3) is 0 Å². The van der Waals surface area contributed by atoms with Crippen LogP contribution in [0.5, 0.6) is 0 Å². The molecule has 1 N–H and O–H groups in total. The van der Waals surface area contributed by atoms with Gasteiger partial charge in [-0.05, 0) is 11.6 Å². The maximum atomic E-state index is 12.4. The van der Waals surface area contributed by atoms with Gasteiger partial charge in [0.2, 0.25) is 5.24 Å². The van der Waals surface area contributed by atoms with E-state index in [0.717, 1.165) is 5.32 Å². The summed E-state index contributed by atoms with van der Waals surface area (Å²) in [6, 6.07) is -2.10. The molecule has 0 aromatic carbocycles. The van der Waals surface area contributed by atoms with Crippen molar-refractivity contribution in [3.63, 3.8) is 0 Å². The largest absolute Gasteiger partial charge is 0.452 e. The van der Waals surface area contributed by atoms with Crippen molar-refractivity contribution in [1.82, 2.24) is 5.32 Å². The zero-order valence-electron chi connectivity index (χ0n) is 8.15. The van der Waals surface area contributed by atoms with Gasteiger partial charge in [-0.15, -0.1) is 0 Å². The molecule has 104 valence electrons. The highest BCUT2D eigenvalue weighted by Crippen LogP contribution is 2.46. The van der Waals surface area contributed by atoms with E-state index in [-0.39, 0.29) is 0 Å². The molecule has 1 fully saturated rings. The van der Waals surface area contributed by atoms with Crippen LogP contribution in [0.4, 0.5) is 26.3 Å². The molecule has 0 spiro atoms. The van der Waals surface area contributed by atoms with Crippen LogP contribution >= 0.6 is 11.6 Å². The molecule has 1 rings (SSSR count). The lowest BCUT2D eigenvalue weighted by Gasteiger charge is -2.31. The van der Waals surface area contributed by atoms with Gasteiger partial charge in [0, 0.05) is 6.42 Å². The number of alkyl halides is 6. The smallest absolute Gasteiger partial charge is 0.424 e. The zero-order valence-corrected chi connectivity index (χ0v) is 8.91. The first kappa shape index (κ1) is 15.0. The van der Waals surface area contributed by atoms with Crippen molar-refractivity contribution in [3.05, 3.63) is 0 Å². The maximum absolute atomic E-state index is 12.4. The molecule has 0 radical (unpaired) electrons. The fraction of sp³-hybridized carbons (Fsp3) is 0.714. The van der Waals surface area contributed by atoms with E-state index in [1.165, 1.54) is 0 Å². The summed E-state index contributed by atoms with van der Waals surface area (Å²) >= 11 is 4.80. The molecule has 0 unspecified atom stereocenters. The Morgan fingerprint density at radius 3 is 2.00 bits per heavy atom. The molecule has 0 aliphatic carbocycles. The van der Waals surface area contributed by atoms with E-state index in [9.17, 15) is 35.9 Å². The minimum absolute atomic E-state index is 0.938. The molecule has 1 aliphatic heterocycles. The molecule has 18 heavy (non-hydrogen) atoms. The van der Waals surface area contributed by atoms with Gasteiger partial charge in [-0.25, -0.2) is 0 Å². The molecule has 11 heteroatoms. The average molecular weight is 300 g/mol. The lowest BCUT2D eigenvalue weighted by molar-refractivity contribution is -0.369. The fourth-order valence-corrected chi connectivity index (χ4v) is 1.45. The highest BCUT2D eigenvalue weighted by atomic mass is 35.5. The number of ether oxygens (including phenoxy) is 1. The minimum atomic E-state index is -5.93. The summed E-state index contributed by atoms with van der Waals surface area (Å²) in [6.45, 7) is 0. The summed E-state index contributed by atoms with van der Waals surface area (Å²) in [5.41, 5.74) is -4.81. The molecule has 1 aliphatic rings. The molecule has 1 saturated heterocycles. The van der Waals surface area contributed by atoms with Crippen LogP contribution in [0.1, 0.15) is 6.42 Å². The van der Waals surface area contributed by atoms with E-state index < -0.39 is 41.8 Å². The lowest BCUT2D eigenvalue weighted by Crippen LogP contribution is -2.65. The number of hydrogen-bond donors (Lipinski definition) is 1. The second-order valence-corrected chi connectivity index (χ2v) is 3.78. The fourth-order valence-electron chi connectivity index (χ4n) is 1.29. The van der Waals surface area contributed by atoms with Gasteiger partial charge in [-0.1, -0.05) is 0 Å². The third-order valence-corrected chi connectivity index (χ3v) is 2.23. The predicted molar refractivity (Wildman–Crippen MR) is 43.3 cm³/mol. The van der Waals surface area contributed by atoms with Crippen molar-refractivity contribution < 1.29 is 40.7 Å². The number of cyclic esters (lactones) is 1. The van der Waals surface area contributed by atoms with Crippen molar-refractivity contribution in [1.29, 1.82) is 0 Å². The number of hydrogen-bond acceptors (Lipinski definition) is 4. The van der Waals surface area contributed by atoms with Crippen LogP contribution in [0.15, 0.2) is 0 Å². The van der Waals surface area contributed by atoms with Crippen molar-refractivity contribution >= 4 is 22.8 Å². The number of carbonyl (C=O) groups excluding carboxylic acids is 2. The average Bonchev–Trinajstić information content (AvgIpc) is 2.41. The predicted octanol–water partition coefficient (Wildman–Crippen LogP) is 1.48. The van der Waals surface area contributed by atoms with Gasteiger partial charge in [0.15, 0.2) is 0 Å². The van der Waals surface area contributed by atoms with Gasteiger partial charge in [0.1, 0.15) is 6.04 Å². The Bertz CT molecular complexity index is 364. The summed E-state index contributed by atoms with van der Waals surface area (Å²) in [4.78, 5) is 21.3. The zero-order chi connectivity index (χ0) is 14.4. The maximum Gasteiger partial charge on any atom is 0.452 e. The molecule has 0 saturated carbocycles. The van der Waals surface area contributed by atoms with E-state index in [0.29, 0.717) is 0 Å². The first-order valence-corrected chi connectivity index (χ1v) is 4.61. The molecule has 0 amide bonds. The van der Waals surface area contributed by atoms with Crippen molar-refractivity contribution in [2.45, 2.75) is 30.5 Å². The minimum Gasteiger partial charge on any atom is -0.424 e. The van der Waals surface area contributed by atoms with Crippen LogP contribution < -0.4 is 5.32 Å². The molecule has 4 nitrogen and oxygen atoms in total. The van der Waals surface area contributed by atoms with Crippen LogP contribution in [-0.4, -0.2) is 35.3 Å². The standard InChI is InChI=1S/C7H4ClF6NO3/c8-3(16)1-2-4(17)18-5(15-2,6(9,10)11)7(12,13)14/h2,15H,1H2/t2-/m0/s1. The van der Waals surface area contributed by atoms with Gasteiger partial charge in [-0.2, -0.15) is 26.3 Å². The van der Waals surface area contributed by atoms with Crippen molar-refractivity contribution in [3.8, 4) is 0 Å². The molecule has 0 aromatic heterocycles. The Kier molecular flexibility index (Phi) is 3.56. The van der Waals surface area contributed by atoms with Crippen LogP contribution in [0.2, 0.25) is 0 Å². The summed E-state index contributed by atoms with van der Waals surface area (Å²) < 4.78 is 77.9. The van der Waals surface area contributed by atoms with Gasteiger partial charge in [0.05, 0.1) is 0 Å². The third kappa shape index (κ3) is 2.39. The highest BCUT2D eigenvalue weighted by molar-refractivity contribution is 6.63. The van der Waals surface area contributed by atoms with E-state index in [1.807, 2.05) is 0 Å². The molecule has 1 heterocycles. The first-order chi connectivity index (χ1) is 7.91. The van der Waals surface area contributed by atoms with Gasteiger partial charge in [-0.3, -0.25) is 14.9 Å². The number of esters is 1. The Balaban J connectivity index is 3.12. The highest BCUT2D eigenvalue weighted by Gasteiger charge is 2.78. The third-order valence-electron chi connectivity index (χ3n) is 2.08. The first-order valence-electron chi connectivity index (χ1n) is 4.23. The van der Waals surface area contributed by atoms with Crippen molar-refractivity contribution in [2.24, 2.45) is 0 Å². The topological polar surface area (TPSA) is 55.4 Å². The second-order valence-electron chi connectivity index (χ2n) is 3.35.